The molecule has 2 aromatic rings. The molecule has 0 aliphatic carbocycles. The number of nitrogens with one attached hydrogen (secondary N) is 2. The van der Waals surface area contributed by atoms with Gasteiger partial charge in [0.15, 0.2) is 5.69 Å². The third-order valence-electron chi connectivity index (χ3n) is 3.30. The Balaban J connectivity index is 0.00000120. The molecule has 1 fully saturated rings. The van der Waals surface area contributed by atoms with Crippen LogP contribution >= 0.6 is 12.4 Å². The Labute approximate surface area is 111 Å². The van der Waals surface area contributed by atoms with Gasteiger partial charge < -0.3 is 10.2 Å². The smallest absolute Gasteiger partial charge is 0.275 e. The van der Waals surface area contributed by atoms with E-state index in [9.17, 15) is 4.79 Å². The van der Waals surface area contributed by atoms with Gasteiger partial charge in [-0.15, -0.1) is 12.4 Å². The van der Waals surface area contributed by atoms with Crippen LogP contribution in [-0.4, -0.2) is 47.2 Å². The third kappa shape index (κ3) is 1.95. The minimum atomic E-state index is -0.0195. The zero-order valence-electron chi connectivity index (χ0n) is 10.0. The molecule has 3 rings (SSSR count). The topological polar surface area (TPSA) is 61.0 Å². The molecule has 0 spiro atoms. The maximum Gasteiger partial charge on any atom is 0.275 e. The molecule has 6 heteroatoms. The van der Waals surface area contributed by atoms with Crippen molar-refractivity contribution < 1.29 is 4.79 Å². The van der Waals surface area contributed by atoms with Crippen LogP contribution in [0.3, 0.4) is 0 Å². The van der Waals surface area contributed by atoms with E-state index in [-0.39, 0.29) is 24.4 Å². The summed E-state index contributed by atoms with van der Waals surface area (Å²) in [6.07, 6.45) is 0. The number of halogens is 1. The molecular formula is C12H15ClN4O. The van der Waals surface area contributed by atoms with Gasteiger partial charge >= 0.3 is 0 Å². The monoisotopic (exact) mass is 266 g/mol. The molecule has 0 bridgehead atoms. The van der Waals surface area contributed by atoms with E-state index in [1.165, 1.54) is 0 Å². The van der Waals surface area contributed by atoms with Gasteiger partial charge in [-0.2, -0.15) is 5.10 Å². The van der Waals surface area contributed by atoms with Gasteiger partial charge in [0.25, 0.3) is 5.91 Å². The average Bonchev–Trinajstić information content (AvgIpc) is 2.69. The number of carbonyl (C=O) groups excluding carboxylic acids is 1. The lowest BCUT2D eigenvalue weighted by Gasteiger charge is -2.35. The molecule has 2 N–H and O–H groups in total. The summed E-state index contributed by atoms with van der Waals surface area (Å²) in [7, 11) is 1.83. The molecule has 0 atom stereocenters. The van der Waals surface area contributed by atoms with E-state index >= 15 is 0 Å². The van der Waals surface area contributed by atoms with Crippen molar-refractivity contribution in [3.05, 3.63) is 30.0 Å². The predicted molar refractivity (Wildman–Crippen MR) is 72.1 cm³/mol. The second-order valence-electron chi connectivity index (χ2n) is 4.35. The first-order chi connectivity index (χ1) is 8.27. The number of nitrogens with zero attached hydrogens (tertiary/aromatic N) is 2. The van der Waals surface area contributed by atoms with E-state index < -0.39 is 0 Å². The second kappa shape index (κ2) is 4.96. The highest BCUT2D eigenvalue weighted by Gasteiger charge is 2.28. The van der Waals surface area contributed by atoms with Crippen LogP contribution < -0.4 is 5.32 Å². The molecular weight excluding hydrogens is 252 g/mol. The highest BCUT2D eigenvalue weighted by Crippen LogP contribution is 2.17. The van der Waals surface area contributed by atoms with Crippen molar-refractivity contribution in [3.63, 3.8) is 0 Å². The van der Waals surface area contributed by atoms with Gasteiger partial charge in [0, 0.05) is 25.5 Å². The number of H-pyrrole nitrogens is 1. The Hall–Kier alpha value is -1.59. The quantitative estimate of drug-likeness (QED) is 0.854. The van der Waals surface area contributed by atoms with E-state index in [1.54, 1.807) is 4.90 Å². The lowest BCUT2D eigenvalue weighted by molar-refractivity contribution is 0.0677. The van der Waals surface area contributed by atoms with Crippen molar-refractivity contribution in [1.29, 1.82) is 0 Å². The number of hydrogen-bond acceptors (Lipinski definition) is 3. The molecule has 1 aromatic carbocycles. The Morgan fingerprint density at radius 1 is 1.39 bits per heavy atom. The van der Waals surface area contributed by atoms with E-state index in [0.717, 1.165) is 24.0 Å². The molecule has 5 nitrogen and oxygen atoms in total. The summed E-state index contributed by atoms with van der Waals surface area (Å²) in [4.78, 5) is 14.0. The zero-order valence-corrected chi connectivity index (χ0v) is 10.8. The molecule has 0 saturated carbocycles. The molecule has 96 valence electrons. The number of rotatable bonds is 2. The Kier molecular flexibility index (Phi) is 3.54. The standard InChI is InChI=1S/C12H14N4O.ClH/c1-16(8-6-13-7-8)12(17)11-9-4-2-3-5-10(9)14-15-11;/h2-5,8,13H,6-7H2,1H3,(H,14,15);1H. The number of benzene rings is 1. The first kappa shape index (κ1) is 12.9. The second-order valence-corrected chi connectivity index (χ2v) is 4.35. The maximum absolute atomic E-state index is 12.3. The SMILES string of the molecule is CN(C(=O)c1n[nH]c2ccccc12)C1CNC1.Cl. The fourth-order valence-electron chi connectivity index (χ4n) is 2.01. The van der Waals surface area contributed by atoms with Crippen LogP contribution in [0, 0.1) is 0 Å². The Bertz CT molecular complexity index is 564. The Morgan fingerprint density at radius 2 is 2.11 bits per heavy atom. The lowest BCUT2D eigenvalue weighted by atomic mass is 10.1. The minimum Gasteiger partial charge on any atom is -0.335 e. The van der Waals surface area contributed by atoms with Crippen LogP contribution in [0.15, 0.2) is 24.3 Å². The molecule has 1 amide bonds. The number of carbonyl (C=O) groups is 1. The normalized spacial score (nSPS) is 14.9. The summed E-state index contributed by atoms with van der Waals surface area (Å²) >= 11 is 0. The van der Waals surface area contributed by atoms with Gasteiger partial charge in [0.2, 0.25) is 0 Å². The molecule has 2 heterocycles. The summed E-state index contributed by atoms with van der Waals surface area (Å²) in [6, 6.07) is 7.97. The van der Waals surface area contributed by atoms with E-state index in [4.69, 9.17) is 0 Å². The largest absolute Gasteiger partial charge is 0.335 e. The molecule has 1 saturated heterocycles. The molecule has 18 heavy (non-hydrogen) atoms. The van der Waals surface area contributed by atoms with E-state index in [0.29, 0.717) is 5.69 Å². The fourth-order valence-corrected chi connectivity index (χ4v) is 2.01. The van der Waals surface area contributed by atoms with Gasteiger partial charge in [-0.05, 0) is 6.07 Å². The summed E-state index contributed by atoms with van der Waals surface area (Å²) in [5.74, 6) is -0.0195. The maximum atomic E-state index is 12.3. The summed E-state index contributed by atoms with van der Waals surface area (Å²) < 4.78 is 0. The number of amides is 1. The first-order valence-electron chi connectivity index (χ1n) is 5.68. The van der Waals surface area contributed by atoms with Crippen LogP contribution in [-0.2, 0) is 0 Å². The number of aromatic nitrogens is 2. The van der Waals surface area contributed by atoms with Crippen molar-refractivity contribution in [2.75, 3.05) is 20.1 Å². The van der Waals surface area contributed by atoms with Gasteiger partial charge in [0.05, 0.1) is 11.6 Å². The fraction of sp³-hybridized carbons (Fsp3) is 0.333. The lowest BCUT2D eigenvalue weighted by Crippen LogP contribution is -2.57. The van der Waals surface area contributed by atoms with Crippen molar-refractivity contribution in [2.45, 2.75) is 6.04 Å². The van der Waals surface area contributed by atoms with E-state index in [2.05, 4.69) is 15.5 Å². The number of likely N-dealkylation sites (N-methyl/N-ethyl adjacent to an activating group) is 1. The first-order valence-corrected chi connectivity index (χ1v) is 5.68. The van der Waals surface area contributed by atoms with Crippen LogP contribution in [0.5, 0.6) is 0 Å². The van der Waals surface area contributed by atoms with Gasteiger partial charge in [-0.25, -0.2) is 0 Å². The van der Waals surface area contributed by atoms with Crippen molar-refractivity contribution in [3.8, 4) is 0 Å². The molecule has 0 unspecified atom stereocenters. The number of aromatic amines is 1. The molecule has 1 aromatic heterocycles. The van der Waals surface area contributed by atoms with Crippen LogP contribution in [0.1, 0.15) is 10.5 Å². The Morgan fingerprint density at radius 3 is 2.78 bits per heavy atom. The van der Waals surface area contributed by atoms with Crippen molar-refractivity contribution in [1.82, 2.24) is 20.4 Å². The highest BCUT2D eigenvalue weighted by atomic mass is 35.5. The average molecular weight is 267 g/mol. The molecule has 0 radical (unpaired) electrons. The van der Waals surface area contributed by atoms with Gasteiger partial charge in [0.1, 0.15) is 0 Å². The van der Waals surface area contributed by atoms with Gasteiger partial charge in [-0.3, -0.25) is 9.89 Å². The minimum absolute atomic E-state index is 0. The van der Waals surface area contributed by atoms with E-state index in [1.807, 2.05) is 31.3 Å². The molecule has 1 aliphatic rings. The summed E-state index contributed by atoms with van der Waals surface area (Å²) in [5, 5.41) is 11.0. The van der Waals surface area contributed by atoms with Crippen LogP contribution in [0.4, 0.5) is 0 Å². The van der Waals surface area contributed by atoms with Crippen LogP contribution in [0.2, 0.25) is 0 Å². The highest BCUT2D eigenvalue weighted by molar-refractivity contribution is 6.04. The summed E-state index contributed by atoms with van der Waals surface area (Å²) in [5.41, 5.74) is 1.41. The van der Waals surface area contributed by atoms with Gasteiger partial charge in [-0.1, -0.05) is 18.2 Å². The number of hydrogen-bond donors (Lipinski definition) is 2. The predicted octanol–water partition coefficient (Wildman–Crippen LogP) is 1.03. The number of para-hydroxylation sites is 1. The summed E-state index contributed by atoms with van der Waals surface area (Å²) in [6.45, 7) is 1.73. The van der Waals surface area contributed by atoms with Crippen LogP contribution in [0.25, 0.3) is 10.9 Å². The zero-order chi connectivity index (χ0) is 11.8. The van der Waals surface area contributed by atoms with Crippen molar-refractivity contribution in [2.24, 2.45) is 0 Å². The third-order valence-corrected chi connectivity index (χ3v) is 3.30. The molecule has 1 aliphatic heterocycles. The van der Waals surface area contributed by atoms with Crippen molar-refractivity contribution >= 4 is 29.2 Å². The number of fused-ring (bicyclic) bond motifs is 1.